The molecule has 166 valence electrons. The largest absolute Gasteiger partial charge is 0.442 e. The van der Waals surface area contributed by atoms with Crippen molar-refractivity contribution >= 4 is 29.4 Å². The van der Waals surface area contributed by atoms with E-state index in [2.05, 4.69) is 15.4 Å². The fourth-order valence-electron chi connectivity index (χ4n) is 3.32. The first-order chi connectivity index (χ1) is 15.2. The second-order valence-electron chi connectivity index (χ2n) is 7.28. The number of amides is 2. The number of imidazole rings is 1. The van der Waals surface area contributed by atoms with E-state index in [1.807, 2.05) is 0 Å². The summed E-state index contributed by atoms with van der Waals surface area (Å²) < 4.78 is 22.4. The molecule has 32 heavy (non-hydrogen) atoms. The molecule has 2 aromatic heterocycles. The molecule has 1 fully saturated rings. The summed E-state index contributed by atoms with van der Waals surface area (Å²) in [7, 11) is 0. The van der Waals surface area contributed by atoms with Crippen molar-refractivity contribution in [3.63, 3.8) is 0 Å². The van der Waals surface area contributed by atoms with Crippen molar-refractivity contribution in [2.75, 3.05) is 23.7 Å². The Morgan fingerprint density at radius 3 is 2.78 bits per heavy atom. The number of benzene rings is 1. The highest BCUT2D eigenvalue weighted by Crippen LogP contribution is 2.25. The Morgan fingerprint density at radius 1 is 1.34 bits per heavy atom. The fourth-order valence-corrected chi connectivity index (χ4v) is 3.32. The predicted octanol–water partition coefficient (Wildman–Crippen LogP) is 1.25. The number of nitrogen functional groups attached to an aromatic ring is 1. The van der Waals surface area contributed by atoms with Crippen LogP contribution < -0.4 is 16.0 Å². The maximum atomic E-state index is 14.9. The second kappa shape index (κ2) is 8.13. The van der Waals surface area contributed by atoms with Crippen LogP contribution >= 0.6 is 0 Å². The number of aromatic nitrogens is 4. The van der Waals surface area contributed by atoms with Crippen molar-refractivity contribution < 1.29 is 23.5 Å². The van der Waals surface area contributed by atoms with Crippen molar-refractivity contribution in [1.82, 2.24) is 24.6 Å². The summed E-state index contributed by atoms with van der Waals surface area (Å²) in [4.78, 5) is 41.1. The van der Waals surface area contributed by atoms with Crippen LogP contribution in [0.5, 0.6) is 0 Å². The Balaban J connectivity index is 1.52. The van der Waals surface area contributed by atoms with Gasteiger partial charge >= 0.3 is 6.09 Å². The quantitative estimate of drug-likeness (QED) is 0.608. The van der Waals surface area contributed by atoms with Gasteiger partial charge in [-0.25, -0.2) is 14.2 Å². The van der Waals surface area contributed by atoms with Crippen molar-refractivity contribution in [2.45, 2.75) is 20.0 Å². The van der Waals surface area contributed by atoms with E-state index in [0.717, 1.165) is 4.68 Å². The first kappa shape index (κ1) is 21.0. The van der Waals surface area contributed by atoms with Gasteiger partial charge in [0.2, 0.25) is 5.91 Å². The molecule has 0 saturated carbocycles. The van der Waals surface area contributed by atoms with E-state index in [9.17, 15) is 18.8 Å². The predicted molar refractivity (Wildman–Crippen MR) is 111 cm³/mol. The number of nitrogens with one attached hydrogen (secondary N) is 1. The molecule has 3 N–H and O–H groups in total. The first-order valence-electron chi connectivity index (χ1n) is 9.66. The summed E-state index contributed by atoms with van der Waals surface area (Å²) in [6, 6.07) is 5.75. The first-order valence-corrected chi connectivity index (χ1v) is 9.66. The molecule has 1 aliphatic heterocycles. The molecular formula is C20H20FN7O4. The van der Waals surface area contributed by atoms with Crippen LogP contribution in [0.15, 0.2) is 36.8 Å². The van der Waals surface area contributed by atoms with Gasteiger partial charge in [-0.2, -0.15) is 9.78 Å². The lowest BCUT2D eigenvalue weighted by Gasteiger charge is -2.14. The van der Waals surface area contributed by atoms with Crippen molar-refractivity contribution in [3.8, 4) is 5.69 Å². The Hall–Kier alpha value is -4.22. The van der Waals surface area contributed by atoms with E-state index in [0.29, 0.717) is 11.4 Å². The van der Waals surface area contributed by atoms with Crippen LogP contribution in [-0.2, 0) is 9.53 Å². The molecule has 1 saturated heterocycles. The van der Waals surface area contributed by atoms with Gasteiger partial charge in [0.15, 0.2) is 0 Å². The molecule has 3 heterocycles. The molecule has 4 rings (SSSR count). The summed E-state index contributed by atoms with van der Waals surface area (Å²) in [5, 5.41) is 6.61. The minimum Gasteiger partial charge on any atom is -0.442 e. The number of anilines is 2. The zero-order valence-corrected chi connectivity index (χ0v) is 17.3. The molecule has 0 radical (unpaired) electrons. The van der Waals surface area contributed by atoms with Crippen LogP contribution in [-0.4, -0.2) is 56.4 Å². The van der Waals surface area contributed by atoms with Crippen LogP contribution in [0.1, 0.15) is 23.1 Å². The van der Waals surface area contributed by atoms with Crippen molar-refractivity contribution in [2.24, 2.45) is 0 Å². The van der Waals surface area contributed by atoms with Gasteiger partial charge in [-0.3, -0.25) is 14.5 Å². The van der Waals surface area contributed by atoms with Gasteiger partial charge < -0.3 is 20.4 Å². The molecule has 1 aliphatic rings. The highest BCUT2D eigenvalue weighted by molar-refractivity contribution is 5.95. The Bertz CT molecular complexity index is 1220. The lowest BCUT2D eigenvalue weighted by molar-refractivity contribution is -0.119. The molecule has 0 spiro atoms. The molecule has 1 aromatic carbocycles. The van der Waals surface area contributed by atoms with Gasteiger partial charge in [0.25, 0.3) is 5.91 Å². The second-order valence-corrected chi connectivity index (χ2v) is 7.28. The fraction of sp³-hybridized carbons (Fsp3) is 0.250. The highest BCUT2D eigenvalue weighted by atomic mass is 19.1. The third kappa shape index (κ3) is 4.02. The monoisotopic (exact) mass is 441 g/mol. The molecule has 12 heteroatoms. The lowest BCUT2D eigenvalue weighted by Crippen LogP contribution is -2.33. The number of ether oxygens (including phenoxy) is 1. The average molecular weight is 441 g/mol. The number of halogens is 1. The third-order valence-corrected chi connectivity index (χ3v) is 4.83. The Labute approximate surface area is 181 Å². The molecular weight excluding hydrogens is 421 g/mol. The van der Waals surface area contributed by atoms with Gasteiger partial charge in [0, 0.05) is 19.2 Å². The van der Waals surface area contributed by atoms with Gasteiger partial charge in [0.05, 0.1) is 30.2 Å². The number of hydrogen-bond donors (Lipinski definition) is 2. The average Bonchev–Trinajstić information content (AvgIpc) is 3.44. The number of nitrogens with two attached hydrogens (primary N) is 1. The van der Waals surface area contributed by atoms with Crippen LogP contribution in [0.3, 0.4) is 0 Å². The standard InChI is InChI=1S/C20H20FN7O4/c1-11-5-18(22)28(25-11)19(30)16-9-26(10-24-16)17-4-3-13(6-15(17)21)27-8-14(32-20(27)31)7-23-12(2)29/h3-6,9-10,14H,7-8,22H2,1-2H3,(H,23,29)/t14-/m0/s1. The van der Waals surface area contributed by atoms with Crippen molar-refractivity contribution in [3.05, 3.63) is 54.0 Å². The van der Waals surface area contributed by atoms with E-state index in [1.165, 1.54) is 41.0 Å². The molecule has 0 unspecified atom stereocenters. The normalized spacial score (nSPS) is 15.7. The number of aryl methyl sites for hydroxylation is 1. The Kier molecular flexibility index (Phi) is 5.34. The zero-order valence-electron chi connectivity index (χ0n) is 17.3. The number of hydrogen-bond acceptors (Lipinski definition) is 7. The molecule has 1 atom stereocenters. The van der Waals surface area contributed by atoms with Crippen molar-refractivity contribution in [1.29, 1.82) is 0 Å². The van der Waals surface area contributed by atoms with Gasteiger partial charge in [-0.05, 0) is 25.1 Å². The number of rotatable bonds is 5. The SMILES string of the molecule is CC(=O)NC[C@H]1CN(c2ccc(-n3cnc(C(=O)n4nc(C)cc4N)c3)c(F)c2)C(=O)O1. The molecule has 0 bridgehead atoms. The van der Waals surface area contributed by atoms with E-state index >= 15 is 0 Å². The molecule has 3 aromatic rings. The molecule has 11 nitrogen and oxygen atoms in total. The highest BCUT2D eigenvalue weighted by Gasteiger charge is 2.32. The number of cyclic esters (lactones) is 1. The van der Waals surface area contributed by atoms with Gasteiger partial charge in [0.1, 0.15) is 29.8 Å². The summed E-state index contributed by atoms with van der Waals surface area (Å²) >= 11 is 0. The smallest absolute Gasteiger partial charge is 0.414 e. The third-order valence-electron chi connectivity index (χ3n) is 4.83. The van der Waals surface area contributed by atoms with Crippen LogP contribution in [0.2, 0.25) is 0 Å². The van der Waals surface area contributed by atoms with Gasteiger partial charge in [-0.1, -0.05) is 0 Å². The van der Waals surface area contributed by atoms with Crippen LogP contribution in [0.25, 0.3) is 5.69 Å². The lowest BCUT2D eigenvalue weighted by atomic mass is 10.2. The maximum absolute atomic E-state index is 14.9. The summed E-state index contributed by atoms with van der Waals surface area (Å²) in [5.41, 5.74) is 6.82. The van der Waals surface area contributed by atoms with Gasteiger partial charge in [-0.15, -0.1) is 0 Å². The number of carbonyl (C=O) groups excluding carboxylic acids is 3. The summed E-state index contributed by atoms with van der Waals surface area (Å²) in [5.74, 6) is -1.24. The van der Waals surface area contributed by atoms with E-state index < -0.39 is 23.9 Å². The maximum Gasteiger partial charge on any atom is 0.414 e. The van der Waals surface area contributed by atoms with E-state index in [-0.39, 0.29) is 36.2 Å². The molecule has 0 aliphatic carbocycles. The van der Waals surface area contributed by atoms with Crippen LogP contribution in [0, 0.1) is 12.7 Å². The molecule has 2 amide bonds. The summed E-state index contributed by atoms with van der Waals surface area (Å²) in [6.45, 7) is 3.41. The van der Waals surface area contributed by atoms with E-state index in [4.69, 9.17) is 10.5 Å². The topological polar surface area (TPSA) is 137 Å². The number of nitrogens with zero attached hydrogens (tertiary/aromatic N) is 5. The zero-order chi connectivity index (χ0) is 23.0. The van der Waals surface area contributed by atoms with E-state index in [1.54, 1.807) is 19.1 Å². The number of carbonyl (C=O) groups is 3. The Morgan fingerprint density at radius 2 is 2.12 bits per heavy atom. The van der Waals surface area contributed by atoms with Crippen LogP contribution in [0.4, 0.5) is 20.7 Å². The minimum absolute atomic E-state index is 0.0345. The summed E-state index contributed by atoms with van der Waals surface area (Å²) in [6.07, 6.45) is 1.50. The minimum atomic E-state index is -0.633.